The van der Waals surface area contributed by atoms with Crippen LogP contribution in [0.1, 0.15) is 66.3 Å². The number of carbonyl (C=O) groups excluding carboxylic acids is 1. The molecule has 28 heavy (non-hydrogen) atoms. The number of carbonyl (C=O) groups is 1. The molecule has 0 saturated carbocycles. The molecule has 0 aliphatic carbocycles. The Bertz CT molecular complexity index is 764. The minimum absolute atomic E-state index is 0.0843. The van der Waals surface area contributed by atoms with Crippen molar-refractivity contribution in [2.75, 3.05) is 13.2 Å². The first-order valence-corrected chi connectivity index (χ1v) is 10.2. The molecule has 1 aliphatic rings. The summed E-state index contributed by atoms with van der Waals surface area (Å²) in [6.07, 6.45) is 4.88. The zero-order valence-electron chi connectivity index (χ0n) is 17.1. The summed E-state index contributed by atoms with van der Waals surface area (Å²) in [7, 11) is 0. The molecule has 1 N–H and O–H groups in total. The molecule has 2 aromatic rings. The van der Waals surface area contributed by atoms with Crippen molar-refractivity contribution in [3.63, 3.8) is 0 Å². The van der Waals surface area contributed by atoms with Crippen LogP contribution in [0.25, 0.3) is 0 Å². The first-order chi connectivity index (χ1) is 13.6. The van der Waals surface area contributed by atoms with E-state index in [4.69, 9.17) is 9.47 Å². The van der Waals surface area contributed by atoms with Crippen LogP contribution in [0.2, 0.25) is 0 Å². The largest absolute Gasteiger partial charge is 0.381 e. The van der Waals surface area contributed by atoms with E-state index in [0.29, 0.717) is 24.8 Å². The quantitative estimate of drug-likeness (QED) is 0.751. The Balaban J connectivity index is 1.49. The summed E-state index contributed by atoms with van der Waals surface area (Å²) in [5.41, 5.74) is 3.76. The highest BCUT2D eigenvalue weighted by atomic mass is 16.5. The van der Waals surface area contributed by atoms with Crippen molar-refractivity contribution in [1.29, 1.82) is 0 Å². The third kappa shape index (κ3) is 5.20. The topological polar surface area (TPSA) is 65.4 Å². The number of benzene rings is 1. The second-order valence-corrected chi connectivity index (χ2v) is 7.47. The molecule has 1 atom stereocenters. The maximum absolute atomic E-state index is 12.5. The molecular weight excluding hydrogens is 354 g/mol. The molecule has 1 unspecified atom stereocenters. The van der Waals surface area contributed by atoms with Gasteiger partial charge < -0.3 is 14.8 Å². The van der Waals surface area contributed by atoms with Gasteiger partial charge >= 0.3 is 0 Å². The summed E-state index contributed by atoms with van der Waals surface area (Å²) in [6, 6.07) is 8.49. The van der Waals surface area contributed by atoms with Gasteiger partial charge in [0, 0.05) is 31.5 Å². The maximum atomic E-state index is 12.5. The Kier molecular flexibility index (Phi) is 7.23. The Morgan fingerprint density at radius 2 is 1.96 bits per heavy atom. The van der Waals surface area contributed by atoms with Crippen LogP contribution in [-0.2, 0) is 22.6 Å². The van der Waals surface area contributed by atoms with E-state index in [2.05, 4.69) is 36.4 Å². The van der Waals surface area contributed by atoms with Gasteiger partial charge in [-0.1, -0.05) is 31.2 Å². The van der Waals surface area contributed by atoms with Crippen molar-refractivity contribution in [3.8, 4) is 0 Å². The van der Waals surface area contributed by atoms with Crippen LogP contribution in [0, 0.1) is 6.92 Å². The number of rotatable bonds is 8. The predicted octanol–water partition coefficient (Wildman–Crippen LogP) is 3.79. The van der Waals surface area contributed by atoms with Crippen molar-refractivity contribution >= 4 is 5.91 Å². The number of nitrogens with one attached hydrogen (secondary N) is 1. The van der Waals surface area contributed by atoms with Gasteiger partial charge in [0.15, 0.2) is 0 Å². The summed E-state index contributed by atoms with van der Waals surface area (Å²) in [6.45, 7) is 8.86. The molecule has 0 radical (unpaired) electrons. The van der Waals surface area contributed by atoms with Crippen molar-refractivity contribution in [3.05, 3.63) is 52.8 Å². The van der Waals surface area contributed by atoms with E-state index in [1.165, 1.54) is 0 Å². The molecule has 0 bridgehead atoms. The van der Waals surface area contributed by atoms with Gasteiger partial charge in [0.2, 0.25) is 0 Å². The van der Waals surface area contributed by atoms with Crippen molar-refractivity contribution in [1.82, 2.24) is 15.1 Å². The van der Waals surface area contributed by atoms with Gasteiger partial charge in [-0.2, -0.15) is 5.10 Å². The second kappa shape index (κ2) is 9.85. The van der Waals surface area contributed by atoms with E-state index in [1.807, 2.05) is 23.7 Å². The Labute approximate surface area is 167 Å². The molecule has 1 fully saturated rings. The lowest BCUT2D eigenvalue weighted by Crippen LogP contribution is -2.23. The number of aromatic nitrogens is 2. The summed E-state index contributed by atoms with van der Waals surface area (Å²) in [5.74, 6) is -0.0843. The third-order valence-electron chi connectivity index (χ3n) is 5.43. The fourth-order valence-electron chi connectivity index (χ4n) is 3.35. The zero-order chi connectivity index (χ0) is 19.9. The van der Waals surface area contributed by atoms with Crippen molar-refractivity contribution in [2.24, 2.45) is 0 Å². The van der Waals surface area contributed by atoms with E-state index in [-0.39, 0.29) is 11.9 Å². The number of hydrogen-bond donors (Lipinski definition) is 1. The lowest BCUT2D eigenvalue weighted by atomic mass is 10.1. The first kappa shape index (κ1) is 20.6. The van der Waals surface area contributed by atoms with Gasteiger partial charge in [-0.3, -0.25) is 9.48 Å². The van der Waals surface area contributed by atoms with Gasteiger partial charge in [0.25, 0.3) is 5.91 Å². The molecule has 1 aliphatic heterocycles. The van der Waals surface area contributed by atoms with Crippen LogP contribution in [0.4, 0.5) is 0 Å². The van der Waals surface area contributed by atoms with Gasteiger partial charge in [-0.05, 0) is 44.2 Å². The van der Waals surface area contributed by atoms with Crippen LogP contribution in [-0.4, -0.2) is 35.0 Å². The molecule has 6 heteroatoms. The Morgan fingerprint density at radius 3 is 2.64 bits per heavy atom. The SMILES string of the molecule is CCC(C)n1ncc(C(=O)NCc2ccc(COC3CCOCC3)cc2)c1C. The molecule has 0 spiro atoms. The van der Waals surface area contributed by atoms with Crippen LogP contribution >= 0.6 is 0 Å². The van der Waals surface area contributed by atoms with Crippen LogP contribution in [0.5, 0.6) is 0 Å². The summed E-state index contributed by atoms with van der Waals surface area (Å²) < 4.78 is 13.2. The van der Waals surface area contributed by atoms with Crippen LogP contribution in [0.15, 0.2) is 30.5 Å². The lowest BCUT2D eigenvalue weighted by molar-refractivity contribution is -0.0390. The van der Waals surface area contributed by atoms with Crippen molar-refractivity contribution in [2.45, 2.75) is 65.3 Å². The fraction of sp³-hybridized carbons (Fsp3) is 0.545. The molecule has 6 nitrogen and oxygen atoms in total. The second-order valence-electron chi connectivity index (χ2n) is 7.47. The molecular formula is C22H31N3O3. The summed E-state index contributed by atoms with van der Waals surface area (Å²) in [5, 5.41) is 7.36. The van der Waals surface area contributed by atoms with Crippen LogP contribution in [0.3, 0.4) is 0 Å². The third-order valence-corrected chi connectivity index (χ3v) is 5.43. The fourth-order valence-corrected chi connectivity index (χ4v) is 3.35. The maximum Gasteiger partial charge on any atom is 0.255 e. The lowest BCUT2D eigenvalue weighted by Gasteiger charge is -2.22. The molecule has 1 aromatic carbocycles. The summed E-state index contributed by atoms with van der Waals surface area (Å²) in [4.78, 5) is 12.5. The highest BCUT2D eigenvalue weighted by molar-refractivity contribution is 5.95. The highest BCUT2D eigenvalue weighted by Crippen LogP contribution is 2.16. The van der Waals surface area contributed by atoms with E-state index < -0.39 is 0 Å². The molecule has 2 heterocycles. The molecule has 3 rings (SSSR count). The van der Waals surface area contributed by atoms with Gasteiger partial charge in [-0.25, -0.2) is 0 Å². The van der Waals surface area contributed by atoms with Gasteiger partial charge in [-0.15, -0.1) is 0 Å². The summed E-state index contributed by atoms with van der Waals surface area (Å²) >= 11 is 0. The molecule has 1 saturated heterocycles. The highest BCUT2D eigenvalue weighted by Gasteiger charge is 2.16. The van der Waals surface area contributed by atoms with E-state index in [0.717, 1.165) is 49.3 Å². The number of hydrogen-bond acceptors (Lipinski definition) is 4. The monoisotopic (exact) mass is 385 g/mol. The smallest absolute Gasteiger partial charge is 0.255 e. The minimum atomic E-state index is -0.0843. The minimum Gasteiger partial charge on any atom is -0.381 e. The van der Waals surface area contributed by atoms with E-state index in [1.54, 1.807) is 6.20 Å². The number of ether oxygens (including phenoxy) is 2. The molecule has 1 amide bonds. The van der Waals surface area contributed by atoms with E-state index in [9.17, 15) is 4.79 Å². The number of amides is 1. The Hall–Kier alpha value is -2.18. The van der Waals surface area contributed by atoms with Crippen LogP contribution < -0.4 is 5.32 Å². The average molecular weight is 386 g/mol. The average Bonchev–Trinajstić information content (AvgIpc) is 3.13. The molecule has 152 valence electrons. The normalized spacial score (nSPS) is 16.1. The predicted molar refractivity (Wildman–Crippen MR) is 108 cm³/mol. The standard InChI is InChI=1S/C22H31N3O3/c1-4-16(2)25-17(3)21(14-24-25)22(26)23-13-18-5-7-19(8-6-18)15-28-20-9-11-27-12-10-20/h5-8,14,16,20H,4,9-13,15H2,1-3H3,(H,23,26). The van der Waals surface area contributed by atoms with E-state index >= 15 is 0 Å². The first-order valence-electron chi connectivity index (χ1n) is 10.2. The van der Waals surface area contributed by atoms with Crippen molar-refractivity contribution < 1.29 is 14.3 Å². The Morgan fingerprint density at radius 1 is 1.29 bits per heavy atom. The zero-order valence-corrected chi connectivity index (χ0v) is 17.1. The number of nitrogens with zero attached hydrogens (tertiary/aromatic N) is 2. The van der Waals surface area contributed by atoms with Gasteiger partial charge in [0.1, 0.15) is 0 Å². The van der Waals surface area contributed by atoms with Gasteiger partial charge in [0.05, 0.1) is 24.5 Å². The molecule has 1 aromatic heterocycles.